The first-order chi connectivity index (χ1) is 8.40. The van der Waals surface area contributed by atoms with Gasteiger partial charge in [-0.2, -0.15) is 0 Å². The van der Waals surface area contributed by atoms with Crippen LogP contribution in [-0.4, -0.2) is 0 Å². The molecule has 3 heteroatoms. The molecule has 0 aliphatic heterocycles. The molecule has 0 saturated carbocycles. The summed E-state index contributed by atoms with van der Waals surface area (Å²) < 4.78 is 39.2. The Hall–Kier alpha value is -1.51. The Morgan fingerprint density at radius 2 is 1.72 bits per heavy atom. The van der Waals surface area contributed by atoms with Crippen LogP contribution in [0.4, 0.5) is 13.2 Å². The molecule has 0 nitrogen and oxygen atoms in total. The molecule has 1 aromatic carbocycles. The number of allylic oxidation sites excluding steroid dienone is 4. The van der Waals surface area contributed by atoms with E-state index in [4.69, 9.17) is 0 Å². The van der Waals surface area contributed by atoms with Gasteiger partial charge in [0.2, 0.25) is 0 Å². The standard InChI is InChI=1S/C15H15F3/c1-15(2,11-5-3-4-6-11)9-10-7-12(16)14(18)13(17)8-10/h3-5,7-8H,6,9H2,1-2H3. The van der Waals surface area contributed by atoms with Crippen molar-refractivity contribution in [2.24, 2.45) is 5.41 Å². The van der Waals surface area contributed by atoms with Gasteiger partial charge in [0.05, 0.1) is 0 Å². The summed E-state index contributed by atoms with van der Waals surface area (Å²) in [6.07, 6.45) is 7.38. The van der Waals surface area contributed by atoms with E-state index in [2.05, 4.69) is 0 Å². The van der Waals surface area contributed by atoms with Gasteiger partial charge >= 0.3 is 0 Å². The zero-order valence-corrected chi connectivity index (χ0v) is 10.4. The lowest BCUT2D eigenvalue weighted by molar-refractivity contribution is 0.421. The van der Waals surface area contributed by atoms with Crippen LogP contribution < -0.4 is 0 Å². The Labute approximate surface area is 105 Å². The van der Waals surface area contributed by atoms with Crippen LogP contribution in [0, 0.1) is 22.9 Å². The molecule has 0 saturated heterocycles. The van der Waals surface area contributed by atoms with Crippen molar-refractivity contribution in [1.82, 2.24) is 0 Å². The lowest BCUT2D eigenvalue weighted by Crippen LogP contribution is -2.18. The van der Waals surface area contributed by atoms with Gasteiger partial charge in [-0.05, 0) is 36.0 Å². The molecule has 18 heavy (non-hydrogen) atoms. The van der Waals surface area contributed by atoms with E-state index in [0.29, 0.717) is 12.0 Å². The van der Waals surface area contributed by atoms with E-state index in [-0.39, 0.29) is 5.41 Å². The molecule has 0 amide bonds. The highest BCUT2D eigenvalue weighted by atomic mass is 19.2. The molecule has 0 spiro atoms. The Kier molecular flexibility index (Phi) is 3.33. The summed E-state index contributed by atoms with van der Waals surface area (Å²) in [4.78, 5) is 0. The van der Waals surface area contributed by atoms with Gasteiger partial charge in [0, 0.05) is 0 Å². The van der Waals surface area contributed by atoms with Gasteiger partial charge in [0.25, 0.3) is 0 Å². The number of rotatable bonds is 3. The highest BCUT2D eigenvalue weighted by Crippen LogP contribution is 2.35. The lowest BCUT2D eigenvalue weighted by atomic mass is 9.78. The van der Waals surface area contributed by atoms with Crippen molar-refractivity contribution in [2.45, 2.75) is 26.7 Å². The third-order valence-electron chi connectivity index (χ3n) is 3.33. The molecule has 96 valence electrons. The van der Waals surface area contributed by atoms with E-state index in [1.807, 2.05) is 32.1 Å². The summed E-state index contributed by atoms with van der Waals surface area (Å²) in [5.41, 5.74) is 1.50. The van der Waals surface area contributed by atoms with Crippen LogP contribution in [0.2, 0.25) is 0 Å². The SMILES string of the molecule is CC(C)(Cc1cc(F)c(F)c(F)c1)C1=CC=CC1. The summed E-state index contributed by atoms with van der Waals surface area (Å²) >= 11 is 0. The van der Waals surface area contributed by atoms with Gasteiger partial charge in [0.1, 0.15) is 0 Å². The Balaban J connectivity index is 2.24. The largest absolute Gasteiger partial charge is 0.204 e. The van der Waals surface area contributed by atoms with Gasteiger partial charge in [-0.1, -0.05) is 37.6 Å². The second-order valence-electron chi connectivity index (χ2n) is 5.26. The summed E-state index contributed by atoms with van der Waals surface area (Å²) in [6.45, 7) is 4.04. The van der Waals surface area contributed by atoms with E-state index in [1.54, 1.807) is 0 Å². The molecule has 0 N–H and O–H groups in total. The van der Waals surface area contributed by atoms with Crippen molar-refractivity contribution in [3.63, 3.8) is 0 Å². The second kappa shape index (κ2) is 4.63. The third-order valence-corrected chi connectivity index (χ3v) is 3.33. The topological polar surface area (TPSA) is 0 Å². The minimum atomic E-state index is -1.40. The van der Waals surface area contributed by atoms with Gasteiger partial charge < -0.3 is 0 Å². The number of benzene rings is 1. The highest BCUT2D eigenvalue weighted by Gasteiger charge is 2.25. The average molecular weight is 252 g/mol. The van der Waals surface area contributed by atoms with Crippen LogP contribution in [0.25, 0.3) is 0 Å². The second-order valence-corrected chi connectivity index (χ2v) is 5.26. The Morgan fingerprint density at radius 1 is 1.11 bits per heavy atom. The van der Waals surface area contributed by atoms with Crippen LogP contribution in [0.15, 0.2) is 35.9 Å². The highest BCUT2D eigenvalue weighted by molar-refractivity contribution is 5.31. The number of halogens is 3. The molecule has 0 heterocycles. The quantitative estimate of drug-likeness (QED) is 0.692. The molecular weight excluding hydrogens is 237 g/mol. The molecule has 0 radical (unpaired) electrons. The molecule has 0 atom stereocenters. The van der Waals surface area contributed by atoms with Gasteiger partial charge in [-0.3, -0.25) is 0 Å². The van der Waals surface area contributed by atoms with Crippen LogP contribution >= 0.6 is 0 Å². The maximum Gasteiger partial charge on any atom is 0.194 e. The molecule has 0 bridgehead atoms. The van der Waals surface area contributed by atoms with E-state index >= 15 is 0 Å². The summed E-state index contributed by atoms with van der Waals surface area (Å²) in [5.74, 6) is -3.66. The van der Waals surface area contributed by atoms with Crippen molar-refractivity contribution in [1.29, 1.82) is 0 Å². The minimum Gasteiger partial charge on any atom is -0.204 e. The number of hydrogen-bond acceptors (Lipinski definition) is 0. The monoisotopic (exact) mass is 252 g/mol. The van der Waals surface area contributed by atoms with E-state index < -0.39 is 17.5 Å². The zero-order chi connectivity index (χ0) is 13.3. The van der Waals surface area contributed by atoms with Crippen molar-refractivity contribution >= 4 is 0 Å². The maximum atomic E-state index is 13.2. The summed E-state index contributed by atoms with van der Waals surface area (Å²) in [7, 11) is 0. The molecule has 0 fully saturated rings. The van der Waals surface area contributed by atoms with E-state index in [0.717, 1.165) is 18.6 Å². The fraction of sp³-hybridized carbons (Fsp3) is 0.333. The van der Waals surface area contributed by atoms with Gasteiger partial charge in [-0.15, -0.1) is 0 Å². The van der Waals surface area contributed by atoms with Crippen LogP contribution in [-0.2, 0) is 6.42 Å². The van der Waals surface area contributed by atoms with Crippen molar-refractivity contribution in [3.05, 3.63) is 58.9 Å². The first-order valence-electron chi connectivity index (χ1n) is 5.90. The zero-order valence-electron chi connectivity index (χ0n) is 10.4. The van der Waals surface area contributed by atoms with Crippen LogP contribution in [0.5, 0.6) is 0 Å². The van der Waals surface area contributed by atoms with Crippen molar-refractivity contribution < 1.29 is 13.2 Å². The maximum absolute atomic E-state index is 13.2. The first kappa shape index (κ1) is 12.9. The van der Waals surface area contributed by atoms with Crippen molar-refractivity contribution in [2.75, 3.05) is 0 Å². The van der Waals surface area contributed by atoms with Gasteiger partial charge in [-0.25, -0.2) is 13.2 Å². The Morgan fingerprint density at radius 3 is 2.22 bits per heavy atom. The molecule has 0 unspecified atom stereocenters. The van der Waals surface area contributed by atoms with Crippen molar-refractivity contribution in [3.8, 4) is 0 Å². The fourth-order valence-electron chi connectivity index (χ4n) is 2.28. The predicted octanol–water partition coefficient (Wildman–Crippen LogP) is 4.56. The first-order valence-corrected chi connectivity index (χ1v) is 5.90. The molecular formula is C15H15F3. The van der Waals surface area contributed by atoms with E-state index in [1.165, 1.54) is 5.57 Å². The normalized spacial score (nSPS) is 15.1. The number of hydrogen-bond donors (Lipinski definition) is 0. The van der Waals surface area contributed by atoms with E-state index in [9.17, 15) is 13.2 Å². The minimum absolute atomic E-state index is 0.194. The fourth-order valence-corrected chi connectivity index (χ4v) is 2.28. The average Bonchev–Trinajstić information content (AvgIpc) is 2.79. The predicted molar refractivity (Wildman–Crippen MR) is 65.6 cm³/mol. The van der Waals surface area contributed by atoms with Gasteiger partial charge in [0.15, 0.2) is 17.5 Å². The van der Waals surface area contributed by atoms with Crippen LogP contribution in [0.3, 0.4) is 0 Å². The molecule has 2 rings (SSSR count). The Bertz CT molecular complexity index is 502. The smallest absolute Gasteiger partial charge is 0.194 e. The van der Waals surface area contributed by atoms with Crippen LogP contribution in [0.1, 0.15) is 25.8 Å². The summed E-state index contributed by atoms with van der Waals surface area (Å²) in [6, 6.07) is 2.15. The molecule has 0 aromatic heterocycles. The molecule has 1 aromatic rings. The third kappa shape index (κ3) is 2.50. The lowest BCUT2D eigenvalue weighted by Gasteiger charge is -2.26. The molecule has 1 aliphatic carbocycles. The molecule has 1 aliphatic rings. The summed E-state index contributed by atoms with van der Waals surface area (Å²) in [5, 5.41) is 0.